The van der Waals surface area contributed by atoms with Crippen LogP contribution in [0, 0.1) is 5.92 Å². The lowest BCUT2D eigenvalue weighted by atomic mass is 10.0. The van der Waals surface area contributed by atoms with E-state index in [2.05, 4.69) is 49.3 Å². The van der Waals surface area contributed by atoms with Crippen LogP contribution in [-0.2, 0) is 16.0 Å². The van der Waals surface area contributed by atoms with Crippen molar-refractivity contribution in [2.75, 3.05) is 13.1 Å². The fourth-order valence-corrected chi connectivity index (χ4v) is 3.82. The Balaban J connectivity index is 1.93. The number of benzene rings is 2. The molecule has 0 spiro atoms. The first-order chi connectivity index (χ1) is 14.2. The normalized spacial score (nSPS) is 12.7. The van der Waals surface area contributed by atoms with E-state index in [9.17, 15) is 9.59 Å². The number of nitrogens with one attached hydrogen (secondary N) is 2. The van der Waals surface area contributed by atoms with Gasteiger partial charge in [0, 0.05) is 25.2 Å². The second-order valence-corrected chi connectivity index (χ2v) is 8.86. The zero-order valence-electron chi connectivity index (χ0n) is 19.2. The first kappa shape index (κ1) is 23.9. The van der Waals surface area contributed by atoms with E-state index >= 15 is 0 Å². The Labute approximate surface area is 181 Å². The van der Waals surface area contributed by atoms with Crippen molar-refractivity contribution in [1.82, 2.24) is 15.5 Å². The molecule has 1 unspecified atom stereocenters. The lowest BCUT2D eigenvalue weighted by Crippen LogP contribution is -2.51. The van der Waals surface area contributed by atoms with E-state index in [-0.39, 0.29) is 24.2 Å². The third-order valence-corrected chi connectivity index (χ3v) is 5.44. The van der Waals surface area contributed by atoms with Crippen LogP contribution in [0.4, 0.5) is 0 Å². The van der Waals surface area contributed by atoms with Crippen LogP contribution in [0.25, 0.3) is 10.8 Å². The zero-order chi connectivity index (χ0) is 22.3. The molecule has 2 aromatic rings. The van der Waals surface area contributed by atoms with E-state index < -0.39 is 6.04 Å². The Morgan fingerprint density at radius 2 is 1.53 bits per heavy atom. The van der Waals surface area contributed by atoms with E-state index in [4.69, 9.17) is 0 Å². The Hall–Kier alpha value is -2.40. The predicted molar refractivity (Wildman–Crippen MR) is 124 cm³/mol. The molecule has 2 aromatic carbocycles. The van der Waals surface area contributed by atoms with Crippen LogP contribution >= 0.6 is 0 Å². The van der Waals surface area contributed by atoms with Crippen LogP contribution in [0.1, 0.15) is 47.1 Å². The molecule has 164 valence electrons. The summed E-state index contributed by atoms with van der Waals surface area (Å²) in [6.07, 6.45) is 0.260. The maximum Gasteiger partial charge on any atom is 0.242 e. The third kappa shape index (κ3) is 6.84. The summed E-state index contributed by atoms with van der Waals surface area (Å²) >= 11 is 0. The second-order valence-electron chi connectivity index (χ2n) is 8.86. The van der Waals surface area contributed by atoms with Gasteiger partial charge in [0.1, 0.15) is 6.04 Å². The number of rotatable bonds is 10. The summed E-state index contributed by atoms with van der Waals surface area (Å²) in [6, 6.07) is 14.4. The van der Waals surface area contributed by atoms with E-state index in [1.807, 2.05) is 50.2 Å². The van der Waals surface area contributed by atoms with Crippen LogP contribution in [0.2, 0.25) is 0 Å². The molecule has 1 atom stereocenters. The number of nitrogens with zero attached hydrogens (tertiary/aromatic N) is 1. The average molecular weight is 412 g/mol. The summed E-state index contributed by atoms with van der Waals surface area (Å²) in [5.41, 5.74) is 0.943. The minimum atomic E-state index is -0.537. The van der Waals surface area contributed by atoms with Crippen LogP contribution in [-0.4, -0.2) is 47.9 Å². The van der Waals surface area contributed by atoms with Crippen molar-refractivity contribution < 1.29 is 9.59 Å². The van der Waals surface area contributed by atoms with Crippen LogP contribution < -0.4 is 10.6 Å². The van der Waals surface area contributed by atoms with E-state index in [1.54, 1.807) is 0 Å². The Kier molecular flexibility index (Phi) is 8.85. The molecule has 0 radical (unpaired) electrons. The van der Waals surface area contributed by atoms with Crippen molar-refractivity contribution in [3.8, 4) is 0 Å². The summed E-state index contributed by atoms with van der Waals surface area (Å²) in [6.45, 7) is 13.9. The smallest absolute Gasteiger partial charge is 0.242 e. The molecule has 30 heavy (non-hydrogen) atoms. The lowest BCUT2D eigenvalue weighted by Gasteiger charge is -2.31. The highest BCUT2D eigenvalue weighted by molar-refractivity contribution is 5.89. The summed E-state index contributed by atoms with van der Waals surface area (Å²) in [5, 5.41) is 8.20. The van der Waals surface area contributed by atoms with Gasteiger partial charge < -0.3 is 10.6 Å². The van der Waals surface area contributed by atoms with Crippen molar-refractivity contribution in [3.05, 3.63) is 48.0 Å². The van der Waals surface area contributed by atoms with E-state index in [1.165, 1.54) is 0 Å². The second kappa shape index (κ2) is 11.1. The van der Waals surface area contributed by atoms with Crippen LogP contribution in [0.5, 0.6) is 0 Å². The van der Waals surface area contributed by atoms with Gasteiger partial charge in [-0.3, -0.25) is 14.5 Å². The fraction of sp³-hybridized carbons (Fsp3) is 0.520. The molecule has 0 saturated heterocycles. The minimum Gasteiger partial charge on any atom is -0.353 e. The summed E-state index contributed by atoms with van der Waals surface area (Å²) in [5.74, 6) is -0.244. The minimum absolute atomic E-state index is 0.0110. The van der Waals surface area contributed by atoms with Gasteiger partial charge in [0.05, 0.1) is 6.42 Å². The van der Waals surface area contributed by atoms with Gasteiger partial charge in [-0.05, 0) is 49.9 Å². The van der Waals surface area contributed by atoms with Gasteiger partial charge in [0.15, 0.2) is 0 Å². The monoisotopic (exact) mass is 411 g/mol. The van der Waals surface area contributed by atoms with Gasteiger partial charge in [-0.25, -0.2) is 0 Å². The highest BCUT2D eigenvalue weighted by Gasteiger charge is 2.24. The molecule has 0 bridgehead atoms. The lowest BCUT2D eigenvalue weighted by molar-refractivity contribution is -0.129. The predicted octanol–water partition coefficient (Wildman–Crippen LogP) is 3.76. The Morgan fingerprint density at radius 3 is 2.13 bits per heavy atom. The van der Waals surface area contributed by atoms with Crippen molar-refractivity contribution >= 4 is 22.6 Å². The molecule has 5 heteroatoms. The first-order valence-electron chi connectivity index (χ1n) is 11.0. The number of hydrogen-bond donors (Lipinski definition) is 2. The van der Waals surface area contributed by atoms with Gasteiger partial charge >= 0.3 is 0 Å². The molecule has 0 saturated carbocycles. The van der Waals surface area contributed by atoms with Gasteiger partial charge in [0.2, 0.25) is 11.8 Å². The largest absolute Gasteiger partial charge is 0.353 e. The molecule has 0 aliphatic heterocycles. The molecule has 5 nitrogen and oxygen atoms in total. The molecule has 0 aliphatic rings. The van der Waals surface area contributed by atoms with Gasteiger partial charge in [-0.1, -0.05) is 56.3 Å². The zero-order valence-corrected chi connectivity index (χ0v) is 19.2. The molecule has 2 amide bonds. The Morgan fingerprint density at radius 1 is 0.900 bits per heavy atom. The number of fused-ring (bicyclic) bond motifs is 1. The van der Waals surface area contributed by atoms with Crippen molar-refractivity contribution in [1.29, 1.82) is 0 Å². The number of amides is 2. The molecule has 0 heterocycles. The quantitative estimate of drug-likeness (QED) is 0.626. The number of carbonyl (C=O) groups is 2. The fourth-order valence-electron chi connectivity index (χ4n) is 3.82. The summed E-state index contributed by atoms with van der Waals surface area (Å²) < 4.78 is 0. The first-order valence-corrected chi connectivity index (χ1v) is 11.0. The highest BCUT2D eigenvalue weighted by Crippen LogP contribution is 2.16. The maximum absolute atomic E-state index is 12.7. The van der Waals surface area contributed by atoms with Gasteiger partial charge in [0.25, 0.3) is 0 Å². The summed E-state index contributed by atoms with van der Waals surface area (Å²) in [4.78, 5) is 27.7. The third-order valence-electron chi connectivity index (χ3n) is 5.44. The molecule has 0 fully saturated rings. The SMILES string of the molecule is CC(C)C(NC(=O)Cc1ccc2ccccc2c1)C(=O)NCCN(C(C)C)C(C)C. The number of hydrogen-bond acceptors (Lipinski definition) is 3. The Bertz CT molecular complexity index is 837. The van der Waals surface area contributed by atoms with Crippen molar-refractivity contribution in [2.24, 2.45) is 5.92 Å². The molecule has 0 aromatic heterocycles. The van der Waals surface area contributed by atoms with Gasteiger partial charge in [-0.15, -0.1) is 0 Å². The molecule has 2 N–H and O–H groups in total. The van der Waals surface area contributed by atoms with Crippen molar-refractivity contribution in [3.63, 3.8) is 0 Å². The molecular weight excluding hydrogens is 374 g/mol. The molecule has 0 aliphatic carbocycles. The van der Waals surface area contributed by atoms with Gasteiger partial charge in [-0.2, -0.15) is 0 Å². The topological polar surface area (TPSA) is 61.4 Å². The van der Waals surface area contributed by atoms with Crippen molar-refractivity contribution in [2.45, 2.75) is 66.1 Å². The van der Waals surface area contributed by atoms with E-state index in [0.717, 1.165) is 22.9 Å². The summed E-state index contributed by atoms with van der Waals surface area (Å²) in [7, 11) is 0. The van der Waals surface area contributed by atoms with E-state index in [0.29, 0.717) is 18.6 Å². The standard InChI is InChI=1S/C25H37N3O2/c1-17(2)24(25(30)26-13-14-28(18(3)4)19(5)6)27-23(29)16-20-11-12-21-9-7-8-10-22(21)15-20/h7-12,15,17-19,24H,13-14,16H2,1-6H3,(H,26,30)(H,27,29). The average Bonchev–Trinajstić information content (AvgIpc) is 2.68. The highest BCUT2D eigenvalue weighted by atomic mass is 16.2. The molecular formula is C25H37N3O2. The molecule has 2 rings (SSSR count). The van der Waals surface area contributed by atoms with Crippen LogP contribution in [0.15, 0.2) is 42.5 Å². The number of carbonyl (C=O) groups excluding carboxylic acids is 2. The van der Waals surface area contributed by atoms with Crippen LogP contribution in [0.3, 0.4) is 0 Å². The maximum atomic E-state index is 12.7.